The summed E-state index contributed by atoms with van der Waals surface area (Å²) in [6, 6.07) is 11.0. The molecule has 4 heteroatoms. The minimum Gasteiger partial charge on any atom is -0.399 e. The molecule has 98 valence electrons. The van der Waals surface area contributed by atoms with E-state index in [-0.39, 0.29) is 5.91 Å². The topological polar surface area (TPSA) is 55.1 Å². The number of halogens is 1. The number of nitrogens with two attached hydrogens (primary N) is 1. The molecule has 0 aliphatic rings. The van der Waals surface area contributed by atoms with Gasteiger partial charge in [0.1, 0.15) is 0 Å². The van der Waals surface area contributed by atoms with Crippen molar-refractivity contribution >= 4 is 33.2 Å². The second-order valence-corrected chi connectivity index (χ2v) is 5.25. The summed E-state index contributed by atoms with van der Waals surface area (Å²) in [4.78, 5) is 12.2. The number of hydrogen-bond donors (Lipinski definition) is 2. The van der Waals surface area contributed by atoms with Gasteiger partial charge in [-0.25, -0.2) is 0 Å². The fourth-order valence-electron chi connectivity index (χ4n) is 1.77. The number of carbonyl (C=O) groups is 1. The van der Waals surface area contributed by atoms with Gasteiger partial charge in [-0.2, -0.15) is 0 Å². The average Bonchev–Trinajstić information content (AvgIpc) is 2.37. The highest BCUT2D eigenvalue weighted by Gasteiger charge is 2.11. The summed E-state index contributed by atoms with van der Waals surface area (Å²) in [6.07, 6.45) is 0. The SMILES string of the molecule is Cc1cc(NC(=O)c2cccc(C)c2Br)ccc1N. The van der Waals surface area contributed by atoms with Crippen molar-refractivity contribution in [1.82, 2.24) is 0 Å². The quantitative estimate of drug-likeness (QED) is 0.825. The van der Waals surface area contributed by atoms with E-state index < -0.39 is 0 Å². The number of anilines is 2. The third-order valence-corrected chi connectivity index (χ3v) is 4.02. The Morgan fingerprint density at radius 2 is 1.89 bits per heavy atom. The molecule has 0 spiro atoms. The van der Waals surface area contributed by atoms with Gasteiger partial charge in [0.05, 0.1) is 5.56 Å². The van der Waals surface area contributed by atoms with Crippen LogP contribution in [0.3, 0.4) is 0 Å². The van der Waals surface area contributed by atoms with E-state index in [0.29, 0.717) is 5.56 Å². The summed E-state index contributed by atoms with van der Waals surface area (Å²) in [6.45, 7) is 3.86. The molecule has 3 nitrogen and oxygen atoms in total. The molecule has 2 aromatic carbocycles. The average molecular weight is 319 g/mol. The van der Waals surface area contributed by atoms with Crippen molar-refractivity contribution in [2.75, 3.05) is 11.1 Å². The lowest BCUT2D eigenvalue weighted by Crippen LogP contribution is -2.13. The van der Waals surface area contributed by atoms with E-state index in [1.807, 2.05) is 32.0 Å². The number of nitrogens with one attached hydrogen (secondary N) is 1. The van der Waals surface area contributed by atoms with Crippen LogP contribution in [0.15, 0.2) is 40.9 Å². The summed E-state index contributed by atoms with van der Waals surface area (Å²) in [7, 11) is 0. The Kier molecular flexibility index (Phi) is 3.90. The standard InChI is InChI=1S/C15H15BrN2O/c1-9-4-3-5-12(14(9)16)15(19)18-11-6-7-13(17)10(2)8-11/h3-8H,17H2,1-2H3,(H,18,19). The lowest BCUT2D eigenvalue weighted by Gasteiger charge is -2.10. The first-order valence-electron chi connectivity index (χ1n) is 5.91. The molecule has 0 saturated carbocycles. The number of amides is 1. The molecule has 19 heavy (non-hydrogen) atoms. The second kappa shape index (κ2) is 5.45. The van der Waals surface area contributed by atoms with E-state index >= 15 is 0 Å². The van der Waals surface area contributed by atoms with Crippen LogP contribution in [-0.2, 0) is 0 Å². The van der Waals surface area contributed by atoms with Crippen LogP contribution in [0.25, 0.3) is 0 Å². The predicted octanol–water partition coefficient (Wildman–Crippen LogP) is 3.90. The third kappa shape index (κ3) is 2.96. The molecule has 0 aliphatic carbocycles. The van der Waals surface area contributed by atoms with E-state index in [2.05, 4.69) is 21.2 Å². The van der Waals surface area contributed by atoms with Gasteiger partial charge in [0.25, 0.3) is 5.91 Å². The van der Waals surface area contributed by atoms with Gasteiger partial charge >= 0.3 is 0 Å². The molecule has 0 radical (unpaired) electrons. The van der Waals surface area contributed by atoms with Crippen molar-refractivity contribution in [1.29, 1.82) is 0 Å². The molecule has 0 aliphatic heterocycles. The molecular formula is C15H15BrN2O. The highest BCUT2D eigenvalue weighted by molar-refractivity contribution is 9.10. The normalized spacial score (nSPS) is 10.3. The van der Waals surface area contributed by atoms with Crippen LogP contribution in [0.5, 0.6) is 0 Å². The van der Waals surface area contributed by atoms with Crippen LogP contribution in [0.4, 0.5) is 11.4 Å². The molecular weight excluding hydrogens is 304 g/mol. The lowest BCUT2D eigenvalue weighted by molar-refractivity contribution is 0.102. The van der Waals surface area contributed by atoms with Gasteiger partial charge in [-0.15, -0.1) is 0 Å². The number of rotatable bonds is 2. The highest BCUT2D eigenvalue weighted by atomic mass is 79.9. The van der Waals surface area contributed by atoms with Gasteiger partial charge in [-0.05, 0) is 65.2 Å². The fourth-order valence-corrected chi connectivity index (χ4v) is 2.22. The van der Waals surface area contributed by atoms with E-state index in [1.165, 1.54) is 0 Å². The molecule has 2 aromatic rings. The fraction of sp³-hybridized carbons (Fsp3) is 0.133. The molecule has 0 bridgehead atoms. The summed E-state index contributed by atoms with van der Waals surface area (Å²) in [5, 5.41) is 2.87. The molecule has 3 N–H and O–H groups in total. The Morgan fingerprint density at radius 3 is 2.58 bits per heavy atom. The third-order valence-electron chi connectivity index (χ3n) is 2.96. The summed E-state index contributed by atoms with van der Waals surface area (Å²) >= 11 is 3.44. The van der Waals surface area contributed by atoms with E-state index in [4.69, 9.17) is 5.73 Å². The minimum absolute atomic E-state index is 0.139. The summed E-state index contributed by atoms with van der Waals surface area (Å²) < 4.78 is 0.819. The molecule has 0 unspecified atom stereocenters. The Bertz CT molecular complexity index is 638. The second-order valence-electron chi connectivity index (χ2n) is 4.46. The van der Waals surface area contributed by atoms with Crippen LogP contribution in [-0.4, -0.2) is 5.91 Å². The van der Waals surface area contributed by atoms with Crippen LogP contribution in [0.1, 0.15) is 21.5 Å². The molecule has 0 atom stereocenters. The van der Waals surface area contributed by atoms with Crippen molar-refractivity contribution in [3.05, 3.63) is 57.6 Å². The zero-order valence-electron chi connectivity index (χ0n) is 10.8. The maximum absolute atomic E-state index is 12.2. The highest BCUT2D eigenvalue weighted by Crippen LogP contribution is 2.23. The largest absolute Gasteiger partial charge is 0.399 e. The number of carbonyl (C=O) groups excluding carboxylic acids is 1. The van der Waals surface area contributed by atoms with Crippen LogP contribution < -0.4 is 11.1 Å². The maximum Gasteiger partial charge on any atom is 0.256 e. The Hall–Kier alpha value is -1.81. The molecule has 0 saturated heterocycles. The summed E-state index contributed by atoms with van der Waals surface area (Å²) in [5.74, 6) is -0.139. The van der Waals surface area contributed by atoms with Gasteiger partial charge < -0.3 is 11.1 Å². The van der Waals surface area contributed by atoms with Crippen molar-refractivity contribution in [3.8, 4) is 0 Å². The van der Waals surface area contributed by atoms with Gasteiger partial charge in [-0.3, -0.25) is 4.79 Å². The smallest absolute Gasteiger partial charge is 0.256 e. The number of hydrogen-bond acceptors (Lipinski definition) is 2. The molecule has 0 heterocycles. The Labute approximate surface area is 121 Å². The zero-order valence-corrected chi connectivity index (χ0v) is 12.4. The van der Waals surface area contributed by atoms with E-state index in [1.54, 1.807) is 18.2 Å². The van der Waals surface area contributed by atoms with Crippen LogP contribution in [0.2, 0.25) is 0 Å². The Morgan fingerprint density at radius 1 is 1.16 bits per heavy atom. The lowest BCUT2D eigenvalue weighted by atomic mass is 10.1. The van der Waals surface area contributed by atoms with Crippen molar-refractivity contribution in [3.63, 3.8) is 0 Å². The van der Waals surface area contributed by atoms with Gasteiger partial charge in [0, 0.05) is 15.8 Å². The van der Waals surface area contributed by atoms with Gasteiger partial charge in [-0.1, -0.05) is 12.1 Å². The number of benzene rings is 2. The molecule has 0 aromatic heterocycles. The van der Waals surface area contributed by atoms with Gasteiger partial charge in [0.2, 0.25) is 0 Å². The zero-order chi connectivity index (χ0) is 14.0. The minimum atomic E-state index is -0.139. The van der Waals surface area contributed by atoms with Crippen molar-refractivity contribution < 1.29 is 4.79 Å². The summed E-state index contributed by atoms with van der Waals surface area (Å²) in [5.41, 5.74) is 9.81. The van der Waals surface area contributed by atoms with Crippen molar-refractivity contribution in [2.24, 2.45) is 0 Å². The van der Waals surface area contributed by atoms with Crippen LogP contribution in [0, 0.1) is 13.8 Å². The monoisotopic (exact) mass is 318 g/mol. The van der Waals surface area contributed by atoms with E-state index in [9.17, 15) is 4.79 Å². The molecule has 1 amide bonds. The first-order chi connectivity index (χ1) is 8.99. The number of aryl methyl sites for hydroxylation is 2. The Balaban J connectivity index is 2.26. The first kappa shape index (κ1) is 13.6. The molecule has 2 rings (SSSR count). The first-order valence-corrected chi connectivity index (χ1v) is 6.71. The maximum atomic E-state index is 12.2. The van der Waals surface area contributed by atoms with Crippen LogP contribution >= 0.6 is 15.9 Å². The van der Waals surface area contributed by atoms with Gasteiger partial charge in [0.15, 0.2) is 0 Å². The predicted molar refractivity (Wildman–Crippen MR) is 82.4 cm³/mol. The van der Waals surface area contributed by atoms with Crippen molar-refractivity contribution in [2.45, 2.75) is 13.8 Å². The van der Waals surface area contributed by atoms with E-state index in [0.717, 1.165) is 27.0 Å². The number of nitrogen functional groups attached to an aromatic ring is 1. The molecule has 0 fully saturated rings.